The summed E-state index contributed by atoms with van der Waals surface area (Å²) in [4.78, 5) is 0. The summed E-state index contributed by atoms with van der Waals surface area (Å²) in [5.74, 6) is 1.70. The van der Waals surface area contributed by atoms with Crippen LogP contribution < -0.4 is 14.8 Å². The minimum atomic E-state index is 0.313. The Balaban J connectivity index is 1.47. The maximum absolute atomic E-state index is 5.75. The van der Waals surface area contributed by atoms with Gasteiger partial charge in [0.15, 0.2) is 11.5 Å². The summed E-state index contributed by atoms with van der Waals surface area (Å²) in [6.07, 6.45) is 5.27. The third-order valence-electron chi connectivity index (χ3n) is 4.09. The Hall–Kier alpha value is -1.26. The average Bonchev–Trinajstić information content (AvgIpc) is 2.95. The number of benzene rings is 1. The molecule has 3 rings (SSSR count). The van der Waals surface area contributed by atoms with Gasteiger partial charge in [-0.15, -0.1) is 0 Å². The highest BCUT2D eigenvalue weighted by molar-refractivity contribution is 5.45. The van der Waals surface area contributed by atoms with E-state index >= 15 is 0 Å². The van der Waals surface area contributed by atoms with Crippen molar-refractivity contribution in [3.63, 3.8) is 0 Å². The highest BCUT2D eigenvalue weighted by atomic mass is 16.7. The van der Waals surface area contributed by atoms with Crippen molar-refractivity contribution in [2.75, 3.05) is 19.9 Å². The number of ether oxygens (including phenoxy) is 3. The van der Waals surface area contributed by atoms with Gasteiger partial charge in [0.05, 0.1) is 6.10 Å². The zero-order valence-corrected chi connectivity index (χ0v) is 12.1. The molecule has 1 aromatic carbocycles. The van der Waals surface area contributed by atoms with Gasteiger partial charge in [0, 0.05) is 12.6 Å². The average molecular weight is 277 g/mol. The van der Waals surface area contributed by atoms with Crippen LogP contribution in [-0.2, 0) is 4.74 Å². The van der Waals surface area contributed by atoms with Gasteiger partial charge in [0.2, 0.25) is 6.79 Å². The second-order valence-corrected chi connectivity index (χ2v) is 5.57. The topological polar surface area (TPSA) is 39.7 Å². The third kappa shape index (κ3) is 3.25. The molecule has 2 atom stereocenters. The molecule has 4 nitrogen and oxygen atoms in total. The quantitative estimate of drug-likeness (QED) is 0.898. The van der Waals surface area contributed by atoms with Gasteiger partial charge in [0.25, 0.3) is 0 Å². The molecule has 110 valence electrons. The maximum atomic E-state index is 5.75. The van der Waals surface area contributed by atoms with Crippen LogP contribution in [0.15, 0.2) is 18.2 Å². The van der Waals surface area contributed by atoms with E-state index < -0.39 is 0 Å². The Kier molecular flexibility index (Phi) is 4.43. The van der Waals surface area contributed by atoms with Gasteiger partial charge in [-0.2, -0.15) is 0 Å². The van der Waals surface area contributed by atoms with Crippen molar-refractivity contribution in [1.29, 1.82) is 0 Å². The lowest BCUT2D eigenvalue weighted by Gasteiger charge is -2.23. The van der Waals surface area contributed by atoms with Crippen LogP contribution in [0.4, 0.5) is 0 Å². The first-order chi connectivity index (χ1) is 9.83. The van der Waals surface area contributed by atoms with Crippen molar-refractivity contribution >= 4 is 0 Å². The molecule has 1 N–H and O–H groups in total. The summed E-state index contributed by atoms with van der Waals surface area (Å²) in [6.45, 7) is 4.43. The molecule has 2 heterocycles. The number of rotatable bonds is 5. The van der Waals surface area contributed by atoms with Crippen LogP contribution in [0.3, 0.4) is 0 Å². The van der Waals surface area contributed by atoms with Crippen molar-refractivity contribution in [3.05, 3.63) is 23.8 Å². The van der Waals surface area contributed by atoms with E-state index in [9.17, 15) is 0 Å². The SMILES string of the molecule is CC(NCCC1CCCCO1)c1ccc2c(c1)OCO2. The molecule has 20 heavy (non-hydrogen) atoms. The molecular formula is C16H23NO3. The normalized spacial score (nSPS) is 22.8. The zero-order valence-electron chi connectivity index (χ0n) is 12.1. The standard InChI is InChI=1S/C16H23NO3/c1-12(17-8-7-14-4-2-3-9-18-14)13-5-6-15-16(10-13)20-11-19-15/h5-6,10,12,14,17H,2-4,7-9,11H2,1H3. The van der Waals surface area contributed by atoms with Crippen molar-refractivity contribution in [1.82, 2.24) is 5.32 Å². The maximum Gasteiger partial charge on any atom is 0.231 e. The fourth-order valence-electron chi connectivity index (χ4n) is 2.80. The molecule has 2 aliphatic rings. The van der Waals surface area contributed by atoms with Crippen LogP contribution in [0, 0.1) is 0 Å². The molecule has 1 aromatic rings. The van der Waals surface area contributed by atoms with E-state index in [-0.39, 0.29) is 0 Å². The van der Waals surface area contributed by atoms with Crippen LogP contribution in [0.25, 0.3) is 0 Å². The number of fused-ring (bicyclic) bond motifs is 1. The van der Waals surface area contributed by atoms with E-state index in [0.29, 0.717) is 18.9 Å². The van der Waals surface area contributed by atoms with E-state index in [4.69, 9.17) is 14.2 Å². The van der Waals surface area contributed by atoms with Crippen molar-refractivity contribution in [3.8, 4) is 11.5 Å². The summed E-state index contributed by atoms with van der Waals surface area (Å²) < 4.78 is 16.5. The molecule has 4 heteroatoms. The van der Waals surface area contributed by atoms with Gasteiger partial charge in [-0.3, -0.25) is 0 Å². The van der Waals surface area contributed by atoms with Crippen molar-refractivity contribution in [2.45, 2.75) is 44.8 Å². The first kappa shape index (κ1) is 13.7. The molecule has 0 bridgehead atoms. The lowest BCUT2D eigenvalue weighted by molar-refractivity contribution is 0.0112. The van der Waals surface area contributed by atoms with Gasteiger partial charge in [-0.05, 0) is 56.8 Å². The van der Waals surface area contributed by atoms with Gasteiger partial charge >= 0.3 is 0 Å². The Morgan fingerprint density at radius 1 is 1.25 bits per heavy atom. The van der Waals surface area contributed by atoms with Crippen LogP contribution >= 0.6 is 0 Å². The molecule has 0 aromatic heterocycles. The fraction of sp³-hybridized carbons (Fsp3) is 0.625. The molecule has 1 saturated heterocycles. The number of nitrogens with one attached hydrogen (secondary N) is 1. The van der Waals surface area contributed by atoms with E-state index in [1.807, 2.05) is 6.07 Å². The Labute approximate surface area is 120 Å². The smallest absolute Gasteiger partial charge is 0.231 e. The van der Waals surface area contributed by atoms with Gasteiger partial charge in [-0.25, -0.2) is 0 Å². The second-order valence-electron chi connectivity index (χ2n) is 5.57. The van der Waals surface area contributed by atoms with Crippen molar-refractivity contribution < 1.29 is 14.2 Å². The highest BCUT2D eigenvalue weighted by Gasteiger charge is 2.17. The molecule has 1 fully saturated rings. The molecular weight excluding hydrogens is 254 g/mol. The molecule has 0 amide bonds. The van der Waals surface area contributed by atoms with E-state index in [1.54, 1.807) is 0 Å². The summed E-state index contributed by atoms with van der Waals surface area (Å²) in [7, 11) is 0. The Bertz CT molecular complexity index is 443. The zero-order chi connectivity index (χ0) is 13.8. The first-order valence-electron chi connectivity index (χ1n) is 7.57. The second kappa shape index (κ2) is 6.46. The molecule has 0 spiro atoms. The lowest BCUT2D eigenvalue weighted by atomic mass is 10.1. The molecule has 0 saturated carbocycles. The van der Waals surface area contributed by atoms with E-state index in [1.165, 1.54) is 24.8 Å². The molecule has 2 unspecified atom stereocenters. The Morgan fingerprint density at radius 2 is 2.15 bits per heavy atom. The van der Waals surface area contributed by atoms with Crippen LogP contribution in [0.1, 0.15) is 44.2 Å². The van der Waals surface area contributed by atoms with Crippen LogP contribution in [0.2, 0.25) is 0 Å². The molecule has 2 aliphatic heterocycles. The first-order valence-corrected chi connectivity index (χ1v) is 7.57. The van der Waals surface area contributed by atoms with E-state index in [0.717, 1.165) is 31.1 Å². The van der Waals surface area contributed by atoms with Crippen LogP contribution in [-0.4, -0.2) is 26.0 Å². The van der Waals surface area contributed by atoms with E-state index in [2.05, 4.69) is 24.4 Å². The predicted molar refractivity (Wildman–Crippen MR) is 77.2 cm³/mol. The summed E-state index contributed by atoms with van der Waals surface area (Å²) >= 11 is 0. The third-order valence-corrected chi connectivity index (χ3v) is 4.09. The summed E-state index contributed by atoms with van der Waals surface area (Å²) in [5, 5.41) is 3.56. The summed E-state index contributed by atoms with van der Waals surface area (Å²) in [5.41, 5.74) is 1.24. The highest BCUT2D eigenvalue weighted by Crippen LogP contribution is 2.34. The minimum absolute atomic E-state index is 0.313. The molecule has 0 radical (unpaired) electrons. The lowest BCUT2D eigenvalue weighted by Crippen LogP contribution is -2.27. The fourth-order valence-corrected chi connectivity index (χ4v) is 2.80. The van der Waals surface area contributed by atoms with Gasteiger partial charge in [-0.1, -0.05) is 6.07 Å². The monoisotopic (exact) mass is 277 g/mol. The van der Waals surface area contributed by atoms with Gasteiger partial charge < -0.3 is 19.5 Å². The minimum Gasteiger partial charge on any atom is -0.454 e. The predicted octanol–water partition coefficient (Wildman–Crippen LogP) is 3.03. The molecule has 0 aliphatic carbocycles. The largest absolute Gasteiger partial charge is 0.454 e. The van der Waals surface area contributed by atoms with Crippen LogP contribution in [0.5, 0.6) is 11.5 Å². The summed E-state index contributed by atoms with van der Waals surface area (Å²) in [6, 6.07) is 6.47. The van der Waals surface area contributed by atoms with Gasteiger partial charge in [0.1, 0.15) is 0 Å². The number of hydrogen-bond donors (Lipinski definition) is 1. The van der Waals surface area contributed by atoms with Crippen molar-refractivity contribution in [2.24, 2.45) is 0 Å². The Morgan fingerprint density at radius 3 is 3.00 bits per heavy atom. The number of hydrogen-bond acceptors (Lipinski definition) is 4.